The van der Waals surface area contributed by atoms with Crippen molar-refractivity contribution in [1.82, 2.24) is 10.2 Å². The molecule has 5 nitrogen and oxygen atoms in total. The van der Waals surface area contributed by atoms with Gasteiger partial charge in [-0.2, -0.15) is 0 Å². The number of rotatable bonds is 12. The first-order valence-corrected chi connectivity index (χ1v) is 12.1. The van der Waals surface area contributed by atoms with E-state index >= 15 is 0 Å². The average molecular weight is 456 g/mol. The number of carbonyl (C=O) groups is 2. The maximum atomic E-state index is 12.7. The Hall–Kier alpha value is -2.64. The number of nitrogens with one attached hydrogen (secondary N) is 1. The number of ether oxygens (including phenoxy) is 1. The van der Waals surface area contributed by atoms with Crippen LogP contribution >= 0.6 is 22.7 Å². The average Bonchev–Trinajstić information content (AvgIpc) is 3.49. The predicted octanol–water partition coefficient (Wildman–Crippen LogP) is 5.64. The molecule has 3 rings (SSSR count). The largest absolute Gasteiger partial charge is 0.445 e. The Bertz CT molecular complexity index is 860. The summed E-state index contributed by atoms with van der Waals surface area (Å²) in [6.45, 7) is 2.04. The Morgan fingerprint density at radius 1 is 0.903 bits per heavy atom. The fraction of sp³-hybridized carbons (Fsp3) is 0.292. The van der Waals surface area contributed by atoms with E-state index in [0.717, 1.165) is 18.4 Å². The first-order chi connectivity index (χ1) is 15.2. The lowest BCUT2D eigenvalue weighted by atomic mass is 10.1. The van der Waals surface area contributed by atoms with Crippen LogP contribution in [0.2, 0.25) is 0 Å². The summed E-state index contributed by atoms with van der Waals surface area (Å²) in [7, 11) is 0. The number of alkyl carbamates (subject to hydrolysis) is 1. The van der Waals surface area contributed by atoms with Crippen molar-refractivity contribution >= 4 is 34.7 Å². The van der Waals surface area contributed by atoms with Crippen molar-refractivity contribution in [2.24, 2.45) is 0 Å². The first-order valence-electron chi connectivity index (χ1n) is 10.3. The highest BCUT2D eigenvalue weighted by atomic mass is 32.1. The van der Waals surface area contributed by atoms with Crippen molar-refractivity contribution in [3.63, 3.8) is 0 Å². The molecule has 163 valence electrons. The lowest BCUT2D eigenvalue weighted by Crippen LogP contribution is -2.29. The Kier molecular flexibility index (Phi) is 9.60. The Morgan fingerprint density at radius 3 is 2.19 bits per heavy atom. The fourth-order valence-corrected chi connectivity index (χ4v) is 4.42. The maximum Gasteiger partial charge on any atom is 0.407 e. The Labute approximate surface area is 191 Å². The molecular formula is C24H27N2O3S2. The summed E-state index contributed by atoms with van der Waals surface area (Å²) in [6, 6.07) is 17.7. The van der Waals surface area contributed by atoms with Gasteiger partial charge in [-0.25, -0.2) is 4.79 Å². The molecule has 0 unspecified atom stereocenters. The molecular weight excluding hydrogens is 428 g/mol. The second kappa shape index (κ2) is 12.9. The topological polar surface area (TPSA) is 58.6 Å². The van der Waals surface area contributed by atoms with Gasteiger partial charge in [0.1, 0.15) is 6.61 Å². The van der Waals surface area contributed by atoms with Crippen molar-refractivity contribution in [1.29, 1.82) is 0 Å². The van der Waals surface area contributed by atoms with Gasteiger partial charge in [-0.15, -0.1) is 22.7 Å². The second-order valence-electron chi connectivity index (χ2n) is 7.04. The minimum atomic E-state index is -0.415. The molecule has 3 aromatic rings. The summed E-state index contributed by atoms with van der Waals surface area (Å²) < 4.78 is 5.19. The third-order valence-electron chi connectivity index (χ3n) is 4.60. The minimum absolute atomic E-state index is 0.0528. The molecule has 1 N–H and O–H groups in total. The summed E-state index contributed by atoms with van der Waals surface area (Å²) in [5.74, 6) is 0.0528. The van der Waals surface area contributed by atoms with Gasteiger partial charge < -0.3 is 15.0 Å². The van der Waals surface area contributed by atoms with E-state index < -0.39 is 6.09 Å². The van der Waals surface area contributed by atoms with Crippen LogP contribution in [0.3, 0.4) is 0 Å². The van der Waals surface area contributed by atoms with E-state index in [-0.39, 0.29) is 12.5 Å². The third-order valence-corrected chi connectivity index (χ3v) is 6.32. The molecule has 0 fully saturated rings. The van der Waals surface area contributed by atoms with Crippen LogP contribution in [0.1, 0.15) is 34.6 Å². The molecule has 0 aliphatic heterocycles. The highest BCUT2D eigenvalue weighted by Gasteiger charge is 2.15. The summed E-state index contributed by atoms with van der Waals surface area (Å²) in [6.07, 6.45) is 3.65. The number of thiophene rings is 2. The van der Waals surface area contributed by atoms with Gasteiger partial charge in [0.15, 0.2) is 0 Å². The summed E-state index contributed by atoms with van der Waals surface area (Å²) in [5, 5.41) is 6.82. The van der Waals surface area contributed by atoms with Gasteiger partial charge in [0.05, 0.1) is 13.1 Å². The molecule has 2 heterocycles. The molecule has 0 spiro atoms. The number of nitrogens with zero attached hydrogens (tertiary/aromatic N) is 1. The number of unbranched alkanes of at least 4 members (excludes halogenated alkanes) is 2. The molecule has 2 aromatic heterocycles. The minimum Gasteiger partial charge on any atom is -0.445 e. The summed E-state index contributed by atoms with van der Waals surface area (Å²) in [5.41, 5.74) is 0.959. The SMILES string of the molecule is O=C(NCCCC[CH]C(=O)N(Cc1cccs1)Cc1cccs1)OCc1ccccc1. The van der Waals surface area contributed by atoms with Crippen LogP contribution in [-0.2, 0) is 29.2 Å². The van der Waals surface area contributed by atoms with E-state index in [0.29, 0.717) is 26.1 Å². The monoisotopic (exact) mass is 455 g/mol. The number of carbonyl (C=O) groups excluding carboxylic acids is 2. The zero-order chi connectivity index (χ0) is 21.7. The number of benzene rings is 1. The van der Waals surface area contributed by atoms with E-state index in [2.05, 4.69) is 17.4 Å². The predicted molar refractivity (Wildman–Crippen MR) is 126 cm³/mol. The van der Waals surface area contributed by atoms with Gasteiger partial charge in [0, 0.05) is 22.7 Å². The van der Waals surface area contributed by atoms with Crippen molar-refractivity contribution in [3.8, 4) is 0 Å². The Balaban J connectivity index is 1.31. The second-order valence-corrected chi connectivity index (χ2v) is 9.11. The van der Waals surface area contributed by atoms with Crippen molar-refractivity contribution in [3.05, 3.63) is 87.1 Å². The molecule has 2 amide bonds. The molecule has 0 atom stereocenters. The Morgan fingerprint density at radius 2 is 1.58 bits per heavy atom. The van der Waals surface area contributed by atoms with Gasteiger partial charge in [-0.05, 0) is 41.3 Å². The number of hydrogen-bond acceptors (Lipinski definition) is 5. The van der Waals surface area contributed by atoms with E-state index in [4.69, 9.17) is 4.74 Å². The van der Waals surface area contributed by atoms with Crippen LogP contribution in [0.5, 0.6) is 0 Å². The van der Waals surface area contributed by atoms with Crippen LogP contribution in [0.25, 0.3) is 0 Å². The zero-order valence-corrected chi connectivity index (χ0v) is 19.0. The smallest absolute Gasteiger partial charge is 0.407 e. The van der Waals surface area contributed by atoms with Crippen LogP contribution in [0.4, 0.5) is 4.79 Å². The van der Waals surface area contributed by atoms with E-state index in [9.17, 15) is 9.59 Å². The van der Waals surface area contributed by atoms with Gasteiger partial charge in [0.25, 0.3) is 0 Å². The molecule has 1 aromatic carbocycles. The summed E-state index contributed by atoms with van der Waals surface area (Å²) in [4.78, 5) is 28.7. The van der Waals surface area contributed by atoms with Gasteiger partial charge >= 0.3 is 6.09 Å². The first kappa shape index (κ1) is 23.0. The van der Waals surface area contributed by atoms with Gasteiger partial charge in [-0.3, -0.25) is 4.79 Å². The molecule has 0 bridgehead atoms. The van der Waals surface area contributed by atoms with Crippen LogP contribution in [0.15, 0.2) is 65.4 Å². The number of amides is 2. The maximum absolute atomic E-state index is 12.7. The van der Waals surface area contributed by atoms with Crippen LogP contribution in [-0.4, -0.2) is 23.4 Å². The van der Waals surface area contributed by atoms with Crippen molar-refractivity contribution < 1.29 is 14.3 Å². The molecule has 0 aliphatic carbocycles. The normalized spacial score (nSPS) is 10.6. The summed E-state index contributed by atoms with van der Waals surface area (Å²) >= 11 is 3.33. The standard InChI is InChI=1S/C24H27N2O3S2/c27-23(26(17-21-11-7-15-30-21)18-22-12-8-16-31-22)13-5-2-6-14-25-24(28)29-19-20-9-3-1-4-10-20/h1,3-4,7-13,15-16H,2,5-6,14,17-19H2,(H,25,28). The van der Waals surface area contributed by atoms with E-state index in [1.807, 2.05) is 58.1 Å². The van der Waals surface area contributed by atoms with Crippen molar-refractivity contribution in [2.45, 2.75) is 39.0 Å². The highest BCUT2D eigenvalue weighted by Crippen LogP contribution is 2.18. The molecule has 0 saturated heterocycles. The number of hydrogen-bond donors (Lipinski definition) is 1. The van der Waals surface area contributed by atoms with Gasteiger partial charge in [-0.1, -0.05) is 48.9 Å². The third kappa shape index (κ3) is 8.55. The molecule has 31 heavy (non-hydrogen) atoms. The molecule has 7 heteroatoms. The van der Waals surface area contributed by atoms with Crippen LogP contribution in [0, 0.1) is 6.42 Å². The lowest BCUT2D eigenvalue weighted by molar-refractivity contribution is -0.128. The van der Waals surface area contributed by atoms with E-state index in [1.54, 1.807) is 29.1 Å². The zero-order valence-electron chi connectivity index (χ0n) is 17.4. The van der Waals surface area contributed by atoms with Gasteiger partial charge in [0.2, 0.25) is 5.91 Å². The lowest BCUT2D eigenvalue weighted by Gasteiger charge is -2.21. The highest BCUT2D eigenvalue weighted by molar-refractivity contribution is 7.10. The molecule has 0 aliphatic rings. The quantitative estimate of drug-likeness (QED) is 0.360. The van der Waals surface area contributed by atoms with Crippen molar-refractivity contribution in [2.75, 3.05) is 6.54 Å². The van der Waals surface area contributed by atoms with Crippen LogP contribution < -0.4 is 5.32 Å². The fourth-order valence-electron chi connectivity index (χ4n) is 2.98. The molecule has 1 radical (unpaired) electrons. The molecule has 0 saturated carbocycles. The van der Waals surface area contributed by atoms with E-state index in [1.165, 1.54) is 9.75 Å².